The number of esters is 1. The summed E-state index contributed by atoms with van der Waals surface area (Å²) in [5, 5.41) is 0. The first-order chi connectivity index (χ1) is 10.6. The minimum Gasteiger partial charge on any atom is -0.454 e. The number of Topliss-reactive ketones (excluding diaryl/α,β-unsaturated/α-hetero) is 1. The van der Waals surface area contributed by atoms with Crippen LogP contribution < -0.4 is 15.2 Å². The Morgan fingerprint density at radius 3 is 2.45 bits per heavy atom. The average molecular weight is 299 g/mol. The molecule has 0 bridgehead atoms. The number of carbonyl (C=O) groups is 2. The van der Waals surface area contributed by atoms with E-state index in [2.05, 4.69) is 0 Å². The lowest BCUT2D eigenvalue weighted by molar-refractivity contribution is 0.0475. The van der Waals surface area contributed by atoms with Gasteiger partial charge in [-0.1, -0.05) is 0 Å². The molecule has 6 nitrogen and oxygen atoms in total. The van der Waals surface area contributed by atoms with Gasteiger partial charge in [-0.15, -0.1) is 0 Å². The number of fused-ring (bicyclic) bond motifs is 1. The van der Waals surface area contributed by atoms with Crippen molar-refractivity contribution in [3.05, 3.63) is 53.6 Å². The summed E-state index contributed by atoms with van der Waals surface area (Å²) < 4.78 is 15.4. The first-order valence-corrected chi connectivity index (χ1v) is 6.59. The van der Waals surface area contributed by atoms with Gasteiger partial charge in [-0.2, -0.15) is 0 Å². The Kier molecular flexibility index (Phi) is 3.65. The molecule has 0 fully saturated rings. The standard InChI is InChI=1S/C16H13NO5/c17-12-4-1-10(2-5-12)16(19)20-8-13(18)11-3-6-14-15(7-11)22-9-21-14/h1-7H,8-9,17H2. The predicted molar refractivity (Wildman–Crippen MR) is 78.0 cm³/mol. The molecule has 0 aliphatic carbocycles. The van der Waals surface area contributed by atoms with Crippen LogP contribution in [-0.4, -0.2) is 25.2 Å². The number of hydrogen-bond acceptors (Lipinski definition) is 6. The summed E-state index contributed by atoms with van der Waals surface area (Å²) in [5.41, 5.74) is 6.83. The number of ether oxygens (including phenoxy) is 3. The van der Waals surface area contributed by atoms with E-state index in [0.29, 0.717) is 28.3 Å². The van der Waals surface area contributed by atoms with Crippen molar-refractivity contribution >= 4 is 17.4 Å². The number of carbonyl (C=O) groups excluding carboxylic acids is 2. The molecule has 0 aromatic heterocycles. The minimum atomic E-state index is -0.575. The summed E-state index contributed by atoms with van der Waals surface area (Å²) in [7, 11) is 0. The summed E-state index contributed by atoms with van der Waals surface area (Å²) in [4.78, 5) is 23.9. The number of ketones is 1. The average Bonchev–Trinajstić information content (AvgIpc) is 3.00. The lowest BCUT2D eigenvalue weighted by atomic mass is 10.1. The first-order valence-electron chi connectivity index (χ1n) is 6.59. The molecule has 112 valence electrons. The number of hydrogen-bond donors (Lipinski definition) is 1. The Bertz CT molecular complexity index is 724. The van der Waals surface area contributed by atoms with Crippen molar-refractivity contribution in [2.24, 2.45) is 0 Å². The number of rotatable bonds is 4. The van der Waals surface area contributed by atoms with Crippen LogP contribution in [0.3, 0.4) is 0 Å². The van der Waals surface area contributed by atoms with E-state index in [1.54, 1.807) is 42.5 Å². The lowest BCUT2D eigenvalue weighted by Crippen LogP contribution is -2.14. The smallest absolute Gasteiger partial charge is 0.338 e. The quantitative estimate of drug-likeness (QED) is 0.528. The van der Waals surface area contributed by atoms with Crippen molar-refractivity contribution in [3.63, 3.8) is 0 Å². The highest BCUT2D eigenvalue weighted by Crippen LogP contribution is 2.32. The van der Waals surface area contributed by atoms with Gasteiger partial charge in [-0.05, 0) is 42.5 Å². The van der Waals surface area contributed by atoms with E-state index in [-0.39, 0.29) is 19.2 Å². The summed E-state index contributed by atoms with van der Waals surface area (Å²) in [6.07, 6.45) is 0. The molecule has 1 heterocycles. The Morgan fingerprint density at radius 1 is 1.00 bits per heavy atom. The van der Waals surface area contributed by atoms with E-state index in [9.17, 15) is 9.59 Å². The van der Waals surface area contributed by atoms with Gasteiger partial charge in [0, 0.05) is 11.3 Å². The van der Waals surface area contributed by atoms with Crippen LogP contribution in [-0.2, 0) is 4.74 Å². The van der Waals surface area contributed by atoms with E-state index in [4.69, 9.17) is 19.9 Å². The van der Waals surface area contributed by atoms with Gasteiger partial charge in [-0.25, -0.2) is 4.79 Å². The fourth-order valence-electron chi connectivity index (χ4n) is 1.99. The number of anilines is 1. The summed E-state index contributed by atoms with van der Waals surface area (Å²) in [6.45, 7) is -0.206. The first kappa shape index (κ1) is 13.9. The van der Waals surface area contributed by atoms with Crippen LogP contribution in [0, 0.1) is 0 Å². The third kappa shape index (κ3) is 2.85. The number of nitrogens with two attached hydrogens (primary N) is 1. The highest BCUT2D eigenvalue weighted by atomic mass is 16.7. The molecule has 0 amide bonds. The van der Waals surface area contributed by atoms with Gasteiger partial charge in [0.15, 0.2) is 23.9 Å². The van der Waals surface area contributed by atoms with Gasteiger partial charge in [0.05, 0.1) is 5.56 Å². The van der Waals surface area contributed by atoms with Crippen LogP contribution in [0.15, 0.2) is 42.5 Å². The molecule has 3 rings (SSSR count). The van der Waals surface area contributed by atoms with Crippen molar-refractivity contribution in [2.45, 2.75) is 0 Å². The minimum absolute atomic E-state index is 0.138. The second-order valence-corrected chi connectivity index (χ2v) is 4.69. The van der Waals surface area contributed by atoms with Gasteiger partial charge < -0.3 is 19.9 Å². The fourth-order valence-corrected chi connectivity index (χ4v) is 1.99. The fraction of sp³-hybridized carbons (Fsp3) is 0.125. The van der Waals surface area contributed by atoms with Crippen molar-refractivity contribution in [3.8, 4) is 11.5 Å². The molecule has 0 saturated carbocycles. The van der Waals surface area contributed by atoms with Crippen LogP contribution in [0.2, 0.25) is 0 Å². The predicted octanol–water partition coefficient (Wildman–Crippen LogP) is 2.04. The molecular weight excluding hydrogens is 286 g/mol. The van der Waals surface area contributed by atoms with Gasteiger partial charge in [0.2, 0.25) is 6.79 Å². The van der Waals surface area contributed by atoms with Crippen molar-refractivity contribution in [1.82, 2.24) is 0 Å². The van der Waals surface area contributed by atoms with Crippen LogP contribution in [0.5, 0.6) is 11.5 Å². The second-order valence-electron chi connectivity index (χ2n) is 4.69. The van der Waals surface area contributed by atoms with Crippen LogP contribution in [0.1, 0.15) is 20.7 Å². The van der Waals surface area contributed by atoms with Gasteiger partial charge >= 0.3 is 5.97 Å². The Hall–Kier alpha value is -3.02. The Morgan fingerprint density at radius 2 is 1.68 bits per heavy atom. The van der Waals surface area contributed by atoms with Gasteiger partial charge in [-0.3, -0.25) is 4.79 Å². The van der Waals surface area contributed by atoms with Crippen molar-refractivity contribution in [2.75, 3.05) is 19.1 Å². The van der Waals surface area contributed by atoms with Crippen LogP contribution >= 0.6 is 0 Å². The largest absolute Gasteiger partial charge is 0.454 e. The summed E-state index contributed by atoms with van der Waals surface area (Å²) in [6, 6.07) is 11.1. The molecular formula is C16H13NO5. The second kappa shape index (κ2) is 5.77. The highest BCUT2D eigenvalue weighted by Gasteiger charge is 2.17. The molecule has 6 heteroatoms. The molecule has 2 aromatic rings. The topological polar surface area (TPSA) is 87.9 Å². The monoisotopic (exact) mass is 299 g/mol. The summed E-state index contributed by atoms with van der Waals surface area (Å²) >= 11 is 0. The zero-order valence-electron chi connectivity index (χ0n) is 11.6. The van der Waals surface area contributed by atoms with Crippen LogP contribution in [0.25, 0.3) is 0 Å². The normalized spacial score (nSPS) is 12.0. The SMILES string of the molecule is Nc1ccc(C(=O)OCC(=O)c2ccc3c(c2)OCO3)cc1. The van der Waals surface area contributed by atoms with Crippen molar-refractivity contribution in [1.29, 1.82) is 0 Å². The maximum atomic E-state index is 12.0. The zero-order chi connectivity index (χ0) is 15.5. The molecule has 0 radical (unpaired) electrons. The van der Waals surface area contributed by atoms with E-state index in [1.165, 1.54) is 0 Å². The molecule has 2 N–H and O–H groups in total. The molecule has 0 saturated heterocycles. The number of nitrogen functional groups attached to an aromatic ring is 1. The van der Waals surface area contributed by atoms with E-state index in [1.807, 2.05) is 0 Å². The molecule has 2 aromatic carbocycles. The Balaban J connectivity index is 1.62. The van der Waals surface area contributed by atoms with E-state index >= 15 is 0 Å². The Labute approximate surface area is 126 Å². The van der Waals surface area contributed by atoms with Crippen molar-refractivity contribution < 1.29 is 23.8 Å². The molecule has 0 spiro atoms. The van der Waals surface area contributed by atoms with E-state index in [0.717, 1.165) is 0 Å². The third-order valence-electron chi connectivity index (χ3n) is 3.18. The lowest BCUT2D eigenvalue weighted by Gasteiger charge is -2.05. The highest BCUT2D eigenvalue weighted by molar-refractivity contribution is 5.99. The molecule has 1 aliphatic heterocycles. The van der Waals surface area contributed by atoms with Gasteiger partial charge in [0.25, 0.3) is 0 Å². The molecule has 0 unspecified atom stereocenters. The molecule has 1 aliphatic rings. The maximum absolute atomic E-state index is 12.0. The van der Waals surface area contributed by atoms with E-state index < -0.39 is 5.97 Å². The molecule has 0 atom stereocenters. The number of benzene rings is 2. The summed E-state index contributed by atoms with van der Waals surface area (Å²) in [5.74, 6) is 0.210. The van der Waals surface area contributed by atoms with Crippen LogP contribution in [0.4, 0.5) is 5.69 Å². The zero-order valence-corrected chi connectivity index (χ0v) is 11.6. The maximum Gasteiger partial charge on any atom is 0.338 e. The molecule has 22 heavy (non-hydrogen) atoms. The third-order valence-corrected chi connectivity index (χ3v) is 3.18. The van der Waals surface area contributed by atoms with Gasteiger partial charge in [0.1, 0.15) is 0 Å².